The lowest BCUT2D eigenvalue weighted by Crippen LogP contribution is -2.53. The van der Waals surface area contributed by atoms with Gasteiger partial charge in [-0.1, -0.05) is 86.1 Å². The highest BCUT2D eigenvalue weighted by Crippen LogP contribution is 2.29. The van der Waals surface area contributed by atoms with E-state index in [1.807, 2.05) is 70.2 Å². The maximum Gasteiger partial charge on any atom is 0.264 e. The average Bonchev–Trinajstić information content (AvgIpc) is 3.03. The Morgan fingerprint density at radius 1 is 0.804 bits per heavy atom. The zero-order chi connectivity index (χ0) is 33.4. The Labute approximate surface area is 272 Å². The second-order valence-corrected chi connectivity index (χ2v) is 14.0. The number of carbonyl (C=O) groups is 2. The largest absolute Gasteiger partial charge is 0.354 e. The average molecular weight is 644 g/mol. The summed E-state index contributed by atoms with van der Waals surface area (Å²) in [7, 11) is -4.21. The number of hydrogen-bond acceptors (Lipinski definition) is 4. The van der Waals surface area contributed by atoms with Crippen molar-refractivity contribution < 1.29 is 22.4 Å². The lowest BCUT2D eigenvalue weighted by atomic mass is 10.0. The number of aryl methyl sites for hydroxylation is 3. The van der Waals surface area contributed by atoms with Gasteiger partial charge < -0.3 is 10.2 Å². The van der Waals surface area contributed by atoms with Gasteiger partial charge in [-0.15, -0.1) is 0 Å². The molecule has 0 aromatic heterocycles. The van der Waals surface area contributed by atoms with Crippen LogP contribution in [0.1, 0.15) is 41.7 Å². The van der Waals surface area contributed by atoms with Crippen molar-refractivity contribution >= 4 is 27.5 Å². The smallest absolute Gasteiger partial charge is 0.264 e. The minimum absolute atomic E-state index is 0.0308. The number of amides is 2. The molecule has 46 heavy (non-hydrogen) atoms. The monoisotopic (exact) mass is 643 g/mol. The molecule has 7 nitrogen and oxygen atoms in total. The zero-order valence-electron chi connectivity index (χ0n) is 27.0. The molecule has 0 bridgehead atoms. The Kier molecular flexibility index (Phi) is 11.4. The fourth-order valence-electron chi connectivity index (χ4n) is 5.10. The Bertz CT molecular complexity index is 1740. The van der Waals surface area contributed by atoms with E-state index in [2.05, 4.69) is 5.32 Å². The van der Waals surface area contributed by atoms with E-state index in [4.69, 9.17) is 0 Å². The SMILES string of the molecule is Cc1ccc(S(=O)(=O)N(CC(=O)N(Cc2ccc(F)cc2)[C@H](Cc2ccccc2)C(=O)NCC(C)C)c2cc(C)ccc2C)cc1. The van der Waals surface area contributed by atoms with E-state index in [1.165, 1.54) is 29.2 Å². The molecule has 0 aliphatic rings. The minimum Gasteiger partial charge on any atom is -0.354 e. The number of benzene rings is 4. The van der Waals surface area contributed by atoms with Crippen molar-refractivity contribution in [3.05, 3.63) is 131 Å². The molecule has 0 saturated heterocycles. The summed E-state index contributed by atoms with van der Waals surface area (Å²) in [6, 6.07) is 26.0. The van der Waals surface area contributed by atoms with E-state index >= 15 is 0 Å². The normalized spacial score (nSPS) is 12.1. The Morgan fingerprint density at radius 3 is 2.07 bits per heavy atom. The van der Waals surface area contributed by atoms with Gasteiger partial charge in [0, 0.05) is 19.5 Å². The summed E-state index contributed by atoms with van der Waals surface area (Å²) in [5, 5.41) is 2.97. The van der Waals surface area contributed by atoms with Gasteiger partial charge in [-0.05, 0) is 79.3 Å². The highest BCUT2D eigenvalue weighted by atomic mass is 32.2. The van der Waals surface area contributed by atoms with Crippen LogP contribution < -0.4 is 9.62 Å². The first-order valence-corrected chi connectivity index (χ1v) is 16.8. The first-order valence-electron chi connectivity index (χ1n) is 15.4. The number of hydrogen-bond donors (Lipinski definition) is 1. The molecule has 4 rings (SSSR count). The molecule has 0 aliphatic heterocycles. The predicted octanol–water partition coefficient (Wildman–Crippen LogP) is 6.36. The molecule has 0 heterocycles. The summed E-state index contributed by atoms with van der Waals surface area (Å²) in [6.45, 7) is 9.30. The first-order chi connectivity index (χ1) is 21.8. The molecule has 1 N–H and O–H groups in total. The van der Waals surface area contributed by atoms with Gasteiger partial charge in [-0.2, -0.15) is 0 Å². The standard InChI is InChI=1S/C37H42FN3O4S/c1-26(2)23-39-37(43)35(22-30-9-7-6-8-10-30)40(24-31-15-17-32(38)18-16-31)36(42)25-41(34-21-28(4)11-14-29(34)5)46(44,45)33-19-12-27(3)13-20-33/h6-21,26,35H,22-25H2,1-5H3,(H,39,43)/t35-/m1/s1. The lowest BCUT2D eigenvalue weighted by molar-refractivity contribution is -0.140. The van der Waals surface area contributed by atoms with Gasteiger partial charge in [0.15, 0.2) is 0 Å². The maximum atomic E-state index is 14.6. The van der Waals surface area contributed by atoms with Crippen LogP contribution in [0.25, 0.3) is 0 Å². The summed E-state index contributed by atoms with van der Waals surface area (Å²) in [5.41, 5.74) is 4.21. The van der Waals surface area contributed by atoms with E-state index in [0.29, 0.717) is 23.4 Å². The summed E-state index contributed by atoms with van der Waals surface area (Å²) in [5.74, 6) is -1.18. The number of carbonyl (C=O) groups excluding carboxylic acids is 2. The van der Waals surface area contributed by atoms with Crippen molar-refractivity contribution in [2.75, 3.05) is 17.4 Å². The van der Waals surface area contributed by atoms with Gasteiger partial charge in [0.05, 0.1) is 10.6 Å². The molecule has 0 unspecified atom stereocenters. The van der Waals surface area contributed by atoms with Gasteiger partial charge in [-0.3, -0.25) is 13.9 Å². The fourth-order valence-corrected chi connectivity index (χ4v) is 6.57. The minimum atomic E-state index is -4.21. The summed E-state index contributed by atoms with van der Waals surface area (Å²) >= 11 is 0. The molecule has 9 heteroatoms. The third-order valence-corrected chi connectivity index (χ3v) is 9.52. The van der Waals surface area contributed by atoms with Crippen LogP contribution in [0.2, 0.25) is 0 Å². The third-order valence-electron chi connectivity index (χ3n) is 7.74. The molecule has 0 aliphatic carbocycles. The van der Waals surface area contributed by atoms with Crippen LogP contribution in [0.5, 0.6) is 0 Å². The number of nitrogens with zero attached hydrogens (tertiary/aromatic N) is 2. The highest BCUT2D eigenvalue weighted by Gasteiger charge is 2.35. The molecular formula is C37H42FN3O4S. The number of halogens is 1. The van der Waals surface area contributed by atoms with Crippen molar-refractivity contribution in [3.63, 3.8) is 0 Å². The molecule has 4 aromatic rings. The number of sulfonamides is 1. The zero-order valence-corrected chi connectivity index (χ0v) is 27.9. The molecule has 0 saturated carbocycles. The highest BCUT2D eigenvalue weighted by molar-refractivity contribution is 7.92. The van der Waals surface area contributed by atoms with Crippen LogP contribution in [-0.2, 0) is 32.6 Å². The molecule has 242 valence electrons. The van der Waals surface area contributed by atoms with Crippen molar-refractivity contribution in [1.82, 2.24) is 10.2 Å². The van der Waals surface area contributed by atoms with E-state index in [-0.39, 0.29) is 29.7 Å². The number of anilines is 1. The van der Waals surface area contributed by atoms with Crippen LogP contribution in [-0.4, -0.2) is 44.3 Å². The predicted molar refractivity (Wildman–Crippen MR) is 180 cm³/mol. The first kappa shape index (κ1) is 34.4. The maximum absolute atomic E-state index is 14.6. The third kappa shape index (κ3) is 8.81. The summed E-state index contributed by atoms with van der Waals surface area (Å²) in [4.78, 5) is 29.9. The van der Waals surface area contributed by atoms with Gasteiger partial charge in [0.2, 0.25) is 11.8 Å². The van der Waals surface area contributed by atoms with Crippen molar-refractivity contribution in [2.24, 2.45) is 5.92 Å². The molecule has 0 spiro atoms. The van der Waals surface area contributed by atoms with E-state index in [9.17, 15) is 22.4 Å². The van der Waals surface area contributed by atoms with Gasteiger partial charge in [-0.25, -0.2) is 12.8 Å². The molecule has 0 radical (unpaired) electrons. The van der Waals surface area contributed by atoms with E-state index in [1.54, 1.807) is 37.3 Å². The van der Waals surface area contributed by atoms with Crippen molar-refractivity contribution in [2.45, 2.75) is 58.5 Å². The van der Waals surface area contributed by atoms with Crippen molar-refractivity contribution in [3.8, 4) is 0 Å². The Balaban J connectivity index is 1.82. The van der Waals surface area contributed by atoms with Crippen LogP contribution in [0.4, 0.5) is 10.1 Å². The van der Waals surface area contributed by atoms with Gasteiger partial charge >= 0.3 is 0 Å². The topological polar surface area (TPSA) is 86.8 Å². The Morgan fingerprint density at radius 2 is 1.43 bits per heavy atom. The number of rotatable bonds is 13. The Hall–Kier alpha value is -4.50. The molecular weight excluding hydrogens is 601 g/mol. The quantitative estimate of drug-likeness (QED) is 0.184. The molecule has 2 amide bonds. The summed E-state index contributed by atoms with van der Waals surface area (Å²) < 4.78 is 43.5. The second-order valence-electron chi connectivity index (χ2n) is 12.1. The van der Waals surface area contributed by atoms with E-state index in [0.717, 1.165) is 21.0 Å². The van der Waals surface area contributed by atoms with Gasteiger partial charge in [0.1, 0.15) is 18.4 Å². The molecule has 1 atom stereocenters. The van der Waals surface area contributed by atoms with Gasteiger partial charge in [0.25, 0.3) is 10.0 Å². The second kappa shape index (κ2) is 15.2. The van der Waals surface area contributed by atoms with Crippen LogP contribution in [0.15, 0.2) is 102 Å². The molecule has 4 aromatic carbocycles. The summed E-state index contributed by atoms with van der Waals surface area (Å²) in [6.07, 6.45) is 0.200. The lowest BCUT2D eigenvalue weighted by Gasteiger charge is -2.34. The van der Waals surface area contributed by atoms with Crippen molar-refractivity contribution in [1.29, 1.82) is 0 Å². The van der Waals surface area contributed by atoms with Crippen LogP contribution >= 0.6 is 0 Å². The number of nitrogens with one attached hydrogen (secondary N) is 1. The van der Waals surface area contributed by atoms with E-state index < -0.39 is 34.3 Å². The fraction of sp³-hybridized carbons (Fsp3) is 0.297. The van der Waals surface area contributed by atoms with Crippen LogP contribution in [0.3, 0.4) is 0 Å². The van der Waals surface area contributed by atoms with Crippen LogP contribution in [0, 0.1) is 32.5 Å². The molecule has 0 fully saturated rings.